The van der Waals surface area contributed by atoms with Crippen molar-refractivity contribution in [1.82, 2.24) is 5.32 Å². The van der Waals surface area contributed by atoms with Gasteiger partial charge in [-0.05, 0) is 44.1 Å². The molecule has 108 valence electrons. The lowest BCUT2D eigenvalue weighted by Gasteiger charge is -2.30. The third kappa shape index (κ3) is 6.75. The van der Waals surface area contributed by atoms with Gasteiger partial charge in [-0.1, -0.05) is 40.0 Å². The average Bonchev–Trinajstić information content (AvgIpc) is 2.38. The zero-order valence-corrected chi connectivity index (χ0v) is 12.7. The second kappa shape index (κ2) is 9.80. The van der Waals surface area contributed by atoms with Crippen molar-refractivity contribution in [2.24, 2.45) is 11.8 Å². The molecule has 1 saturated carbocycles. The van der Waals surface area contributed by atoms with Crippen molar-refractivity contribution in [2.75, 3.05) is 19.8 Å². The van der Waals surface area contributed by atoms with Gasteiger partial charge in [0, 0.05) is 12.6 Å². The highest BCUT2D eigenvalue weighted by Gasteiger charge is 2.22. The first-order valence-corrected chi connectivity index (χ1v) is 8.05. The Morgan fingerprint density at radius 1 is 1.17 bits per heavy atom. The molecule has 2 nitrogen and oxygen atoms in total. The Labute approximate surface area is 114 Å². The van der Waals surface area contributed by atoms with Crippen LogP contribution in [0, 0.1) is 11.8 Å². The SMILES string of the molecule is CCNC(COCCCC(C)C)C1CCCCC1. The van der Waals surface area contributed by atoms with Crippen molar-refractivity contribution in [2.45, 2.75) is 71.8 Å². The van der Waals surface area contributed by atoms with E-state index in [9.17, 15) is 0 Å². The van der Waals surface area contributed by atoms with Crippen LogP contribution in [0.2, 0.25) is 0 Å². The van der Waals surface area contributed by atoms with Gasteiger partial charge in [-0.2, -0.15) is 0 Å². The molecular formula is C16H33NO. The van der Waals surface area contributed by atoms with Crippen LogP contribution in [-0.4, -0.2) is 25.8 Å². The minimum atomic E-state index is 0.592. The average molecular weight is 255 g/mol. The maximum absolute atomic E-state index is 5.89. The molecule has 1 aliphatic rings. The van der Waals surface area contributed by atoms with E-state index in [1.165, 1.54) is 44.9 Å². The van der Waals surface area contributed by atoms with Gasteiger partial charge in [0.15, 0.2) is 0 Å². The van der Waals surface area contributed by atoms with Gasteiger partial charge in [0.1, 0.15) is 0 Å². The van der Waals surface area contributed by atoms with Crippen molar-refractivity contribution in [3.63, 3.8) is 0 Å². The summed E-state index contributed by atoms with van der Waals surface area (Å²) < 4.78 is 5.89. The predicted octanol–water partition coefficient (Wildman–Crippen LogP) is 4.00. The third-order valence-electron chi connectivity index (χ3n) is 4.05. The van der Waals surface area contributed by atoms with E-state index < -0.39 is 0 Å². The molecule has 1 N–H and O–H groups in total. The molecule has 0 aromatic rings. The second-order valence-corrected chi connectivity index (χ2v) is 6.17. The van der Waals surface area contributed by atoms with Crippen LogP contribution in [-0.2, 0) is 4.74 Å². The van der Waals surface area contributed by atoms with Gasteiger partial charge >= 0.3 is 0 Å². The normalized spacial score (nSPS) is 19.3. The van der Waals surface area contributed by atoms with E-state index in [0.717, 1.165) is 31.6 Å². The van der Waals surface area contributed by atoms with E-state index in [2.05, 4.69) is 26.1 Å². The largest absolute Gasteiger partial charge is 0.380 e. The lowest BCUT2D eigenvalue weighted by atomic mass is 9.84. The molecule has 1 aliphatic carbocycles. The highest BCUT2D eigenvalue weighted by Crippen LogP contribution is 2.26. The minimum absolute atomic E-state index is 0.592. The maximum Gasteiger partial charge on any atom is 0.0622 e. The Hall–Kier alpha value is -0.0800. The summed E-state index contributed by atoms with van der Waals surface area (Å²) in [6, 6.07) is 0.592. The molecule has 0 aromatic carbocycles. The van der Waals surface area contributed by atoms with Crippen LogP contribution in [0.3, 0.4) is 0 Å². The first kappa shape index (κ1) is 16.0. The Kier molecular flexibility index (Phi) is 8.70. The van der Waals surface area contributed by atoms with Gasteiger partial charge in [0.25, 0.3) is 0 Å². The highest BCUT2D eigenvalue weighted by atomic mass is 16.5. The summed E-state index contributed by atoms with van der Waals surface area (Å²) in [4.78, 5) is 0. The Morgan fingerprint density at radius 3 is 2.50 bits per heavy atom. The number of hydrogen-bond acceptors (Lipinski definition) is 2. The van der Waals surface area contributed by atoms with Gasteiger partial charge < -0.3 is 10.1 Å². The van der Waals surface area contributed by atoms with Crippen LogP contribution < -0.4 is 5.32 Å². The van der Waals surface area contributed by atoms with Crippen LogP contribution in [0.1, 0.15) is 65.7 Å². The fourth-order valence-electron chi connectivity index (χ4n) is 2.96. The third-order valence-corrected chi connectivity index (χ3v) is 4.05. The summed E-state index contributed by atoms with van der Waals surface area (Å²) >= 11 is 0. The highest BCUT2D eigenvalue weighted by molar-refractivity contribution is 4.78. The smallest absolute Gasteiger partial charge is 0.0622 e. The van der Waals surface area contributed by atoms with E-state index in [1.54, 1.807) is 0 Å². The molecule has 0 aromatic heterocycles. The number of rotatable bonds is 9. The van der Waals surface area contributed by atoms with Gasteiger partial charge in [-0.25, -0.2) is 0 Å². The number of ether oxygens (including phenoxy) is 1. The molecule has 0 aliphatic heterocycles. The monoisotopic (exact) mass is 255 g/mol. The van der Waals surface area contributed by atoms with Gasteiger partial charge in [0.2, 0.25) is 0 Å². The van der Waals surface area contributed by atoms with Gasteiger partial charge in [-0.3, -0.25) is 0 Å². The Morgan fingerprint density at radius 2 is 1.89 bits per heavy atom. The summed E-state index contributed by atoms with van der Waals surface area (Å²) in [5, 5.41) is 3.63. The summed E-state index contributed by atoms with van der Waals surface area (Å²) in [5.74, 6) is 1.65. The van der Waals surface area contributed by atoms with Crippen LogP contribution >= 0.6 is 0 Å². The molecule has 1 rings (SSSR count). The van der Waals surface area contributed by atoms with E-state index in [-0.39, 0.29) is 0 Å². The molecule has 2 heteroatoms. The fourth-order valence-corrected chi connectivity index (χ4v) is 2.96. The van der Waals surface area contributed by atoms with Crippen molar-refractivity contribution in [1.29, 1.82) is 0 Å². The number of nitrogens with one attached hydrogen (secondary N) is 1. The summed E-state index contributed by atoms with van der Waals surface area (Å²) in [5.41, 5.74) is 0. The van der Waals surface area contributed by atoms with Gasteiger partial charge in [0.05, 0.1) is 6.61 Å². The molecular weight excluding hydrogens is 222 g/mol. The number of likely N-dealkylation sites (N-methyl/N-ethyl adjacent to an activating group) is 1. The molecule has 1 unspecified atom stereocenters. The van der Waals surface area contributed by atoms with E-state index in [4.69, 9.17) is 4.74 Å². The molecule has 0 saturated heterocycles. The zero-order valence-electron chi connectivity index (χ0n) is 12.7. The zero-order chi connectivity index (χ0) is 13.2. The fraction of sp³-hybridized carbons (Fsp3) is 1.00. The quantitative estimate of drug-likeness (QED) is 0.629. The Bertz CT molecular complexity index is 188. The standard InChI is InChI=1S/C16H33NO/c1-4-17-16(15-10-6-5-7-11-15)13-18-12-8-9-14(2)3/h14-17H,4-13H2,1-3H3. The van der Waals surface area contributed by atoms with E-state index in [0.29, 0.717) is 6.04 Å². The molecule has 1 fully saturated rings. The first-order chi connectivity index (χ1) is 8.74. The van der Waals surface area contributed by atoms with Crippen LogP contribution in [0.5, 0.6) is 0 Å². The molecule has 0 radical (unpaired) electrons. The first-order valence-electron chi connectivity index (χ1n) is 8.05. The Balaban J connectivity index is 2.16. The molecule has 0 spiro atoms. The van der Waals surface area contributed by atoms with Crippen molar-refractivity contribution in [3.05, 3.63) is 0 Å². The maximum atomic E-state index is 5.89. The van der Waals surface area contributed by atoms with Crippen LogP contribution in [0.15, 0.2) is 0 Å². The molecule has 0 heterocycles. The van der Waals surface area contributed by atoms with Crippen LogP contribution in [0.4, 0.5) is 0 Å². The molecule has 1 atom stereocenters. The summed E-state index contributed by atoms with van der Waals surface area (Å²) in [6.07, 6.45) is 9.56. The van der Waals surface area contributed by atoms with E-state index >= 15 is 0 Å². The van der Waals surface area contributed by atoms with Crippen molar-refractivity contribution in [3.8, 4) is 0 Å². The molecule has 18 heavy (non-hydrogen) atoms. The summed E-state index contributed by atoms with van der Waals surface area (Å²) in [6.45, 7) is 9.68. The lowest BCUT2D eigenvalue weighted by molar-refractivity contribution is 0.0811. The minimum Gasteiger partial charge on any atom is -0.380 e. The van der Waals surface area contributed by atoms with Crippen LogP contribution in [0.25, 0.3) is 0 Å². The topological polar surface area (TPSA) is 21.3 Å². The number of hydrogen-bond donors (Lipinski definition) is 1. The second-order valence-electron chi connectivity index (χ2n) is 6.17. The van der Waals surface area contributed by atoms with Crippen molar-refractivity contribution < 1.29 is 4.74 Å². The van der Waals surface area contributed by atoms with E-state index in [1.807, 2.05) is 0 Å². The predicted molar refractivity (Wildman–Crippen MR) is 78.9 cm³/mol. The molecule has 0 bridgehead atoms. The molecule has 0 amide bonds. The van der Waals surface area contributed by atoms with Crippen molar-refractivity contribution >= 4 is 0 Å². The summed E-state index contributed by atoms with van der Waals surface area (Å²) in [7, 11) is 0. The van der Waals surface area contributed by atoms with Gasteiger partial charge in [-0.15, -0.1) is 0 Å². The lowest BCUT2D eigenvalue weighted by Crippen LogP contribution is -2.41.